The van der Waals surface area contributed by atoms with E-state index in [1.165, 1.54) is 12.8 Å². The third kappa shape index (κ3) is 0.666. The lowest BCUT2D eigenvalue weighted by Gasteiger charge is -2.41. The predicted molar refractivity (Wildman–Crippen MR) is 55.3 cm³/mol. The molecule has 0 aliphatic heterocycles. The van der Waals surface area contributed by atoms with Gasteiger partial charge in [0.2, 0.25) is 0 Å². The zero-order valence-corrected chi connectivity index (χ0v) is 9.45. The molecule has 0 heterocycles. The van der Waals surface area contributed by atoms with Crippen molar-refractivity contribution in [3.63, 3.8) is 0 Å². The lowest BCUT2D eigenvalue weighted by Crippen LogP contribution is -2.45. The maximum atomic E-state index is 11.8. The first-order valence-electron chi connectivity index (χ1n) is 6.21. The van der Waals surface area contributed by atoms with Gasteiger partial charge in [0.05, 0.1) is 5.60 Å². The van der Waals surface area contributed by atoms with E-state index in [2.05, 4.69) is 6.92 Å². The largest absolute Gasteiger partial charge is 0.377 e. The quantitative estimate of drug-likeness (QED) is 0.656. The highest BCUT2D eigenvalue weighted by Gasteiger charge is 2.82. The molecule has 6 unspecified atom stereocenters. The number of carbonyl (C=O) groups is 1. The minimum absolute atomic E-state index is 0.0550. The topological polar surface area (TPSA) is 26.3 Å². The Morgan fingerprint density at radius 2 is 2.13 bits per heavy atom. The van der Waals surface area contributed by atoms with Gasteiger partial charge < -0.3 is 4.74 Å². The lowest BCUT2D eigenvalue weighted by molar-refractivity contribution is -0.120. The van der Waals surface area contributed by atoms with Crippen molar-refractivity contribution < 1.29 is 9.53 Å². The number of fused-ring (bicyclic) bond motifs is 4. The second kappa shape index (κ2) is 2.17. The van der Waals surface area contributed by atoms with Crippen LogP contribution in [0.5, 0.6) is 0 Å². The minimum Gasteiger partial charge on any atom is -0.377 e. The molecule has 0 spiro atoms. The maximum absolute atomic E-state index is 11.8. The van der Waals surface area contributed by atoms with Crippen LogP contribution in [0, 0.1) is 29.1 Å². The van der Waals surface area contributed by atoms with E-state index in [1.807, 2.05) is 7.11 Å². The number of carbonyl (C=O) groups excluding carboxylic acids is 1. The van der Waals surface area contributed by atoms with Gasteiger partial charge in [0.25, 0.3) is 0 Å². The molecule has 0 aromatic heterocycles. The molecule has 0 aromatic rings. The minimum atomic E-state index is -0.0550. The van der Waals surface area contributed by atoms with Crippen molar-refractivity contribution in [2.75, 3.05) is 7.11 Å². The normalized spacial score (nSPS) is 64.5. The number of ether oxygens (including phenoxy) is 1. The highest BCUT2D eigenvalue weighted by Crippen LogP contribution is 2.81. The maximum Gasteiger partial charge on any atom is 0.136 e. The van der Waals surface area contributed by atoms with E-state index in [4.69, 9.17) is 4.74 Å². The zero-order valence-electron chi connectivity index (χ0n) is 9.45. The van der Waals surface area contributed by atoms with E-state index in [1.54, 1.807) is 0 Å². The fraction of sp³-hybridized carbons (Fsp3) is 0.923. The van der Waals surface area contributed by atoms with E-state index < -0.39 is 0 Å². The molecular weight excluding hydrogens is 188 g/mol. The molecule has 4 rings (SSSR count). The van der Waals surface area contributed by atoms with Crippen LogP contribution in [0.2, 0.25) is 0 Å². The SMILES string of the molecule is COC12CC(=O)CC1(C)C1CCC3C1C32. The number of hydrogen-bond acceptors (Lipinski definition) is 2. The number of ketones is 1. The number of methoxy groups -OCH3 is 1. The van der Waals surface area contributed by atoms with Crippen LogP contribution in [-0.2, 0) is 9.53 Å². The first kappa shape index (κ1) is 8.74. The van der Waals surface area contributed by atoms with Crippen molar-refractivity contribution in [1.82, 2.24) is 0 Å². The molecule has 6 atom stereocenters. The van der Waals surface area contributed by atoms with Crippen LogP contribution in [0.15, 0.2) is 0 Å². The Morgan fingerprint density at radius 1 is 1.33 bits per heavy atom. The molecule has 0 amide bonds. The standard InChI is InChI=1S/C13H18O2/c1-12-5-7(14)6-13(12,15-2)11-8-3-4-9(12)10(8)11/h8-11H,3-6H2,1-2H3. The lowest BCUT2D eigenvalue weighted by atomic mass is 9.70. The number of rotatable bonds is 1. The molecule has 2 nitrogen and oxygen atoms in total. The van der Waals surface area contributed by atoms with Crippen molar-refractivity contribution in [3.05, 3.63) is 0 Å². The second-order valence-electron chi connectivity index (χ2n) is 6.35. The summed E-state index contributed by atoms with van der Waals surface area (Å²) < 4.78 is 5.91. The first-order valence-corrected chi connectivity index (χ1v) is 6.21. The van der Waals surface area contributed by atoms with Crippen LogP contribution in [0.1, 0.15) is 32.6 Å². The van der Waals surface area contributed by atoms with Crippen molar-refractivity contribution in [2.24, 2.45) is 29.1 Å². The van der Waals surface area contributed by atoms with Gasteiger partial charge in [0.15, 0.2) is 0 Å². The van der Waals surface area contributed by atoms with Crippen LogP contribution in [0.3, 0.4) is 0 Å². The van der Waals surface area contributed by atoms with Crippen LogP contribution in [-0.4, -0.2) is 18.5 Å². The molecule has 4 fully saturated rings. The van der Waals surface area contributed by atoms with Gasteiger partial charge in [0.1, 0.15) is 5.78 Å². The van der Waals surface area contributed by atoms with Gasteiger partial charge in [-0.2, -0.15) is 0 Å². The molecule has 82 valence electrons. The zero-order chi connectivity index (χ0) is 10.4. The third-order valence-corrected chi connectivity index (χ3v) is 6.22. The van der Waals surface area contributed by atoms with Crippen LogP contribution < -0.4 is 0 Å². The second-order valence-corrected chi connectivity index (χ2v) is 6.35. The van der Waals surface area contributed by atoms with Gasteiger partial charge in [-0.3, -0.25) is 4.79 Å². The number of Topliss-reactive ketones (excluding diaryl/α,β-unsaturated/α-hetero) is 1. The summed E-state index contributed by atoms with van der Waals surface area (Å²) in [5, 5.41) is 0. The average molecular weight is 206 g/mol. The Bertz CT molecular complexity index is 364. The molecule has 0 aromatic carbocycles. The Morgan fingerprint density at radius 3 is 2.87 bits per heavy atom. The summed E-state index contributed by atoms with van der Waals surface area (Å²) >= 11 is 0. The molecular formula is C13H18O2. The van der Waals surface area contributed by atoms with Crippen molar-refractivity contribution in [3.8, 4) is 0 Å². The van der Waals surface area contributed by atoms with Crippen molar-refractivity contribution in [1.29, 1.82) is 0 Å². The van der Waals surface area contributed by atoms with Crippen molar-refractivity contribution >= 4 is 5.78 Å². The molecule has 0 N–H and O–H groups in total. The van der Waals surface area contributed by atoms with E-state index in [0.717, 1.165) is 30.1 Å². The van der Waals surface area contributed by atoms with E-state index in [9.17, 15) is 4.79 Å². The summed E-state index contributed by atoms with van der Waals surface area (Å²) in [6, 6.07) is 0. The molecule has 0 saturated heterocycles. The van der Waals surface area contributed by atoms with Gasteiger partial charge in [-0.15, -0.1) is 0 Å². The first-order chi connectivity index (χ1) is 7.14. The van der Waals surface area contributed by atoms with Gasteiger partial charge in [-0.05, 0) is 36.5 Å². The Balaban J connectivity index is 1.88. The molecule has 4 aliphatic carbocycles. The van der Waals surface area contributed by atoms with Gasteiger partial charge in [-0.1, -0.05) is 6.92 Å². The molecule has 0 radical (unpaired) electrons. The van der Waals surface area contributed by atoms with Gasteiger partial charge in [-0.25, -0.2) is 0 Å². The summed E-state index contributed by atoms with van der Waals surface area (Å²) in [6.07, 6.45) is 4.23. The Labute approximate surface area is 90.4 Å². The Hall–Kier alpha value is -0.370. The van der Waals surface area contributed by atoms with Gasteiger partial charge in [0, 0.05) is 25.4 Å². The molecule has 4 aliphatic rings. The summed E-state index contributed by atoms with van der Waals surface area (Å²) in [5.41, 5.74) is 0.127. The molecule has 15 heavy (non-hydrogen) atoms. The number of hydrogen-bond donors (Lipinski definition) is 0. The average Bonchev–Trinajstić information content (AvgIpc) is 2.57. The Kier molecular flexibility index (Phi) is 1.27. The summed E-state index contributed by atoms with van der Waals surface area (Å²) in [6.45, 7) is 2.32. The summed E-state index contributed by atoms with van der Waals surface area (Å²) in [5.74, 6) is 3.80. The molecule has 2 heteroatoms. The molecule has 0 bridgehead atoms. The summed E-state index contributed by atoms with van der Waals surface area (Å²) in [4.78, 5) is 11.8. The van der Waals surface area contributed by atoms with Crippen molar-refractivity contribution in [2.45, 2.75) is 38.2 Å². The summed E-state index contributed by atoms with van der Waals surface area (Å²) in [7, 11) is 1.83. The smallest absolute Gasteiger partial charge is 0.136 e. The predicted octanol–water partition coefficient (Wildman–Crippen LogP) is 2.03. The monoisotopic (exact) mass is 206 g/mol. The fourth-order valence-corrected chi connectivity index (χ4v) is 5.79. The van der Waals surface area contributed by atoms with Gasteiger partial charge >= 0.3 is 0 Å². The highest BCUT2D eigenvalue weighted by molar-refractivity contribution is 5.84. The van der Waals surface area contributed by atoms with Crippen LogP contribution in [0.4, 0.5) is 0 Å². The van der Waals surface area contributed by atoms with Crippen LogP contribution in [0.25, 0.3) is 0 Å². The third-order valence-electron chi connectivity index (χ3n) is 6.22. The van der Waals surface area contributed by atoms with Crippen LogP contribution >= 0.6 is 0 Å². The van der Waals surface area contributed by atoms with E-state index in [0.29, 0.717) is 12.2 Å². The molecule has 4 saturated carbocycles. The highest BCUT2D eigenvalue weighted by atomic mass is 16.5. The van der Waals surface area contributed by atoms with E-state index in [-0.39, 0.29) is 11.0 Å². The fourth-order valence-electron chi connectivity index (χ4n) is 5.79. The van der Waals surface area contributed by atoms with E-state index >= 15 is 0 Å².